The monoisotopic (exact) mass is 397 g/mol. The largest absolute Gasteiger partial charge is 0.374 e. The van der Waals surface area contributed by atoms with E-state index in [4.69, 9.17) is 0 Å². The summed E-state index contributed by atoms with van der Waals surface area (Å²) in [6.07, 6.45) is 3.55. The third-order valence-corrected chi connectivity index (χ3v) is 4.70. The summed E-state index contributed by atoms with van der Waals surface area (Å²) in [6.45, 7) is 1.98. The third-order valence-electron chi connectivity index (χ3n) is 4.70. The molecule has 1 heterocycles. The van der Waals surface area contributed by atoms with E-state index in [1.54, 1.807) is 0 Å². The van der Waals surface area contributed by atoms with E-state index < -0.39 is 16.7 Å². The highest BCUT2D eigenvalue weighted by atomic mass is 16.6. The lowest BCUT2D eigenvalue weighted by molar-refractivity contribution is -0.384. The number of carbonyl (C=O) groups excluding carboxylic acids is 2. The molecule has 1 aliphatic heterocycles. The highest BCUT2D eigenvalue weighted by Crippen LogP contribution is 2.27. The zero-order valence-electron chi connectivity index (χ0n) is 15.9. The average molecular weight is 397 g/mol. The number of anilines is 2. The van der Waals surface area contributed by atoms with Crippen molar-refractivity contribution in [3.8, 4) is 0 Å². The molecule has 1 aliphatic rings. The third kappa shape index (κ3) is 5.44. The first kappa shape index (κ1) is 20.1. The molecule has 0 saturated carbocycles. The summed E-state index contributed by atoms with van der Waals surface area (Å²) in [7, 11) is 0. The number of non-ortho nitro benzene ring substituents is 1. The van der Waals surface area contributed by atoms with E-state index in [-0.39, 0.29) is 17.8 Å². The minimum Gasteiger partial charge on any atom is -0.374 e. The van der Waals surface area contributed by atoms with Crippen molar-refractivity contribution >= 4 is 28.9 Å². The number of carbonyl (C=O) groups is 2. The van der Waals surface area contributed by atoms with Crippen molar-refractivity contribution in [2.75, 3.05) is 29.9 Å². The Morgan fingerprint density at radius 2 is 1.66 bits per heavy atom. The normalized spacial score (nSPS) is 13.4. The Labute approximate surface area is 168 Å². The summed E-state index contributed by atoms with van der Waals surface area (Å²) in [6, 6.07) is 12.9. The van der Waals surface area contributed by atoms with Gasteiger partial charge in [-0.2, -0.15) is 0 Å². The predicted octanol–water partition coefficient (Wildman–Crippen LogP) is 2.46. The molecule has 2 amide bonds. The fourth-order valence-corrected chi connectivity index (χ4v) is 3.19. The molecule has 0 unspecified atom stereocenters. The zero-order valence-corrected chi connectivity index (χ0v) is 15.9. The number of hydrazine groups is 1. The molecule has 0 aromatic heterocycles. The molecule has 1 saturated heterocycles. The standard InChI is InChI=1S/C20H23N5O4/c26-19(22-23-20(27)15-8-10-16(11-9-15)25(28)29)14-21-17-6-2-3-7-18(17)24-12-4-1-5-13-24/h2-3,6-11,21H,1,4-5,12-14H2,(H,22,26)(H,23,27). The highest BCUT2D eigenvalue weighted by molar-refractivity contribution is 5.96. The number of nitro benzene ring substituents is 1. The van der Waals surface area contributed by atoms with Gasteiger partial charge in [-0.1, -0.05) is 12.1 Å². The van der Waals surface area contributed by atoms with Crippen molar-refractivity contribution < 1.29 is 14.5 Å². The van der Waals surface area contributed by atoms with Gasteiger partial charge >= 0.3 is 0 Å². The summed E-state index contributed by atoms with van der Waals surface area (Å²) in [5.41, 5.74) is 6.67. The van der Waals surface area contributed by atoms with Crippen LogP contribution in [0.25, 0.3) is 0 Å². The van der Waals surface area contributed by atoms with Crippen LogP contribution in [0.15, 0.2) is 48.5 Å². The zero-order chi connectivity index (χ0) is 20.6. The van der Waals surface area contributed by atoms with Gasteiger partial charge in [0.2, 0.25) is 0 Å². The quantitative estimate of drug-likeness (QED) is 0.509. The molecule has 0 spiro atoms. The van der Waals surface area contributed by atoms with Gasteiger partial charge in [-0.15, -0.1) is 0 Å². The van der Waals surface area contributed by atoms with Crippen LogP contribution in [0.1, 0.15) is 29.6 Å². The first-order valence-corrected chi connectivity index (χ1v) is 9.46. The van der Waals surface area contributed by atoms with Crippen LogP contribution < -0.4 is 21.1 Å². The van der Waals surface area contributed by atoms with E-state index in [0.29, 0.717) is 0 Å². The maximum Gasteiger partial charge on any atom is 0.269 e. The number of benzene rings is 2. The van der Waals surface area contributed by atoms with Gasteiger partial charge in [-0.05, 0) is 43.5 Å². The summed E-state index contributed by atoms with van der Waals surface area (Å²) in [4.78, 5) is 36.5. The second-order valence-electron chi connectivity index (χ2n) is 6.72. The van der Waals surface area contributed by atoms with Gasteiger partial charge in [0, 0.05) is 30.8 Å². The number of amides is 2. The predicted molar refractivity (Wildman–Crippen MR) is 110 cm³/mol. The summed E-state index contributed by atoms with van der Waals surface area (Å²) in [5.74, 6) is -0.962. The molecular weight excluding hydrogens is 374 g/mol. The Morgan fingerprint density at radius 3 is 2.34 bits per heavy atom. The van der Waals surface area contributed by atoms with Gasteiger partial charge in [-0.25, -0.2) is 0 Å². The van der Waals surface area contributed by atoms with Gasteiger partial charge < -0.3 is 10.2 Å². The van der Waals surface area contributed by atoms with Crippen LogP contribution in [0, 0.1) is 10.1 Å². The van der Waals surface area contributed by atoms with E-state index in [1.165, 1.54) is 30.7 Å². The van der Waals surface area contributed by atoms with Crippen molar-refractivity contribution in [2.24, 2.45) is 0 Å². The molecule has 2 aromatic rings. The Hall–Kier alpha value is -3.62. The molecule has 29 heavy (non-hydrogen) atoms. The summed E-state index contributed by atoms with van der Waals surface area (Å²) < 4.78 is 0. The number of piperidine rings is 1. The molecule has 9 nitrogen and oxygen atoms in total. The van der Waals surface area contributed by atoms with E-state index in [2.05, 4.69) is 21.1 Å². The molecule has 3 rings (SSSR count). The average Bonchev–Trinajstić information content (AvgIpc) is 2.77. The van der Waals surface area contributed by atoms with Gasteiger partial charge in [0.15, 0.2) is 0 Å². The fraction of sp³-hybridized carbons (Fsp3) is 0.300. The molecule has 1 fully saturated rings. The van der Waals surface area contributed by atoms with Gasteiger partial charge in [0.25, 0.3) is 17.5 Å². The molecule has 0 aliphatic carbocycles. The van der Waals surface area contributed by atoms with Crippen LogP contribution in [-0.2, 0) is 4.79 Å². The SMILES string of the molecule is O=C(CNc1ccccc1N1CCCCC1)NNC(=O)c1ccc([N+](=O)[O-])cc1. The van der Waals surface area contributed by atoms with Gasteiger partial charge in [0.05, 0.1) is 22.8 Å². The fourth-order valence-electron chi connectivity index (χ4n) is 3.19. The molecule has 0 radical (unpaired) electrons. The van der Waals surface area contributed by atoms with Crippen molar-refractivity contribution in [3.63, 3.8) is 0 Å². The lowest BCUT2D eigenvalue weighted by Gasteiger charge is -2.30. The van der Waals surface area contributed by atoms with Crippen molar-refractivity contribution in [3.05, 3.63) is 64.2 Å². The van der Waals surface area contributed by atoms with Crippen LogP contribution in [0.5, 0.6) is 0 Å². The molecule has 0 atom stereocenters. The maximum absolute atomic E-state index is 12.1. The Bertz CT molecular complexity index is 879. The maximum atomic E-state index is 12.1. The molecule has 2 aromatic carbocycles. The van der Waals surface area contributed by atoms with Gasteiger partial charge in [0.1, 0.15) is 0 Å². The number of para-hydroxylation sites is 2. The topological polar surface area (TPSA) is 117 Å². The molecular formula is C20H23N5O4. The van der Waals surface area contributed by atoms with Crippen molar-refractivity contribution in [1.82, 2.24) is 10.9 Å². The second kappa shape index (κ2) is 9.54. The highest BCUT2D eigenvalue weighted by Gasteiger charge is 2.15. The molecule has 3 N–H and O–H groups in total. The minimum atomic E-state index is -0.554. The minimum absolute atomic E-state index is 0.00854. The van der Waals surface area contributed by atoms with Crippen molar-refractivity contribution in [1.29, 1.82) is 0 Å². The summed E-state index contributed by atoms with van der Waals surface area (Å²) in [5, 5.41) is 13.8. The number of rotatable bonds is 6. The summed E-state index contributed by atoms with van der Waals surface area (Å²) >= 11 is 0. The smallest absolute Gasteiger partial charge is 0.269 e. The van der Waals surface area contributed by atoms with Crippen LogP contribution in [-0.4, -0.2) is 36.4 Å². The van der Waals surface area contributed by atoms with Crippen LogP contribution in [0.2, 0.25) is 0 Å². The van der Waals surface area contributed by atoms with Crippen molar-refractivity contribution in [2.45, 2.75) is 19.3 Å². The molecule has 9 heteroatoms. The van der Waals surface area contributed by atoms with Gasteiger partial charge in [-0.3, -0.25) is 30.6 Å². The number of hydrogen-bond acceptors (Lipinski definition) is 6. The molecule has 0 bridgehead atoms. The van der Waals surface area contributed by atoms with E-state index in [0.717, 1.165) is 37.3 Å². The Kier molecular flexibility index (Phi) is 6.62. The van der Waals surface area contributed by atoms with E-state index in [1.807, 2.05) is 24.3 Å². The lowest BCUT2D eigenvalue weighted by atomic mass is 10.1. The molecule has 152 valence electrons. The number of nitrogens with one attached hydrogen (secondary N) is 3. The Balaban J connectivity index is 1.50. The van der Waals surface area contributed by atoms with Crippen LogP contribution >= 0.6 is 0 Å². The van der Waals surface area contributed by atoms with E-state index >= 15 is 0 Å². The first-order chi connectivity index (χ1) is 14.0. The van der Waals surface area contributed by atoms with Crippen LogP contribution in [0.4, 0.5) is 17.1 Å². The lowest BCUT2D eigenvalue weighted by Crippen LogP contribution is -2.44. The number of nitrogens with zero attached hydrogens (tertiary/aromatic N) is 2. The second-order valence-corrected chi connectivity index (χ2v) is 6.72. The van der Waals surface area contributed by atoms with E-state index in [9.17, 15) is 19.7 Å². The Morgan fingerprint density at radius 1 is 0.966 bits per heavy atom. The number of hydrogen-bond donors (Lipinski definition) is 3. The first-order valence-electron chi connectivity index (χ1n) is 9.46. The van der Waals surface area contributed by atoms with Crippen LogP contribution in [0.3, 0.4) is 0 Å². The number of nitro groups is 1.